The zero-order chi connectivity index (χ0) is 19.0. The van der Waals surface area contributed by atoms with Gasteiger partial charge in [0.1, 0.15) is 6.54 Å². The summed E-state index contributed by atoms with van der Waals surface area (Å²) < 4.78 is 0. The molecule has 1 aliphatic heterocycles. The Morgan fingerprint density at radius 2 is 1.64 bits per heavy atom. The number of amides is 3. The maximum atomic E-state index is 11.8. The van der Waals surface area contributed by atoms with Gasteiger partial charge >= 0.3 is 0 Å². The first-order valence-electron chi connectivity index (χ1n) is 8.49. The molecule has 0 bridgehead atoms. The van der Waals surface area contributed by atoms with Gasteiger partial charge in [0.25, 0.3) is 0 Å². The summed E-state index contributed by atoms with van der Waals surface area (Å²) in [6, 6.07) is 0.0496. The molecule has 9 nitrogen and oxygen atoms in total. The molecule has 0 aromatic heterocycles. The third-order valence-corrected chi connectivity index (χ3v) is 3.74. The molecule has 0 spiro atoms. The Hall–Kier alpha value is -2.32. The molecule has 142 valence electrons. The molecule has 0 saturated carbocycles. The van der Waals surface area contributed by atoms with Gasteiger partial charge in [-0.2, -0.15) is 0 Å². The fraction of sp³-hybridized carbons (Fsp3) is 0.750. The molecule has 1 fully saturated rings. The van der Waals surface area contributed by atoms with Gasteiger partial charge in [-0.05, 0) is 13.8 Å². The quantitative estimate of drug-likeness (QED) is 0.473. The summed E-state index contributed by atoms with van der Waals surface area (Å²) in [6.07, 6.45) is 0. The Morgan fingerprint density at radius 3 is 2.12 bits per heavy atom. The first-order valence-corrected chi connectivity index (χ1v) is 8.49. The molecule has 1 heterocycles. The molecule has 0 unspecified atom stereocenters. The molecule has 0 aromatic rings. The average molecular weight is 354 g/mol. The SMILES string of the molecule is CC(=O)N1CCN(C(=NCC(=O)NC(C)C)NCC(=O)N(C)C)CC1. The van der Waals surface area contributed by atoms with Gasteiger partial charge in [-0.1, -0.05) is 0 Å². The van der Waals surface area contributed by atoms with Gasteiger partial charge < -0.3 is 25.3 Å². The number of rotatable bonds is 5. The van der Waals surface area contributed by atoms with Crippen LogP contribution in [0.1, 0.15) is 20.8 Å². The molecule has 25 heavy (non-hydrogen) atoms. The van der Waals surface area contributed by atoms with Gasteiger partial charge in [0.2, 0.25) is 17.7 Å². The fourth-order valence-corrected chi connectivity index (χ4v) is 2.33. The first-order chi connectivity index (χ1) is 11.7. The predicted octanol–water partition coefficient (Wildman–Crippen LogP) is -1.29. The summed E-state index contributed by atoms with van der Waals surface area (Å²) in [5.41, 5.74) is 0. The van der Waals surface area contributed by atoms with Crippen LogP contribution in [0.2, 0.25) is 0 Å². The van der Waals surface area contributed by atoms with Gasteiger partial charge in [-0.15, -0.1) is 0 Å². The molecule has 9 heteroatoms. The lowest BCUT2D eigenvalue weighted by molar-refractivity contribution is -0.130. The van der Waals surface area contributed by atoms with Gasteiger partial charge in [-0.3, -0.25) is 14.4 Å². The van der Waals surface area contributed by atoms with Crippen LogP contribution in [-0.2, 0) is 14.4 Å². The zero-order valence-electron chi connectivity index (χ0n) is 15.8. The number of carbonyl (C=O) groups excluding carboxylic acids is 3. The van der Waals surface area contributed by atoms with Gasteiger partial charge in [-0.25, -0.2) is 4.99 Å². The van der Waals surface area contributed by atoms with Crippen LogP contribution >= 0.6 is 0 Å². The molecular formula is C16H30N6O3. The molecule has 0 aromatic carbocycles. The number of piperazine rings is 1. The highest BCUT2D eigenvalue weighted by atomic mass is 16.2. The second kappa shape index (κ2) is 9.85. The van der Waals surface area contributed by atoms with Gasteiger partial charge in [0, 0.05) is 53.2 Å². The smallest absolute Gasteiger partial charge is 0.242 e. The lowest BCUT2D eigenvalue weighted by Gasteiger charge is -2.36. The summed E-state index contributed by atoms with van der Waals surface area (Å²) in [5, 5.41) is 5.81. The maximum absolute atomic E-state index is 11.8. The van der Waals surface area contributed by atoms with E-state index in [1.54, 1.807) is 25.9 Å². The van der Waals surface area contributed by atoms with Crippen molar-refractivity contribution in [2.24, 2.45) is 4.99 Å². The number of hydrogen-bond donors (Lipinski definition) is 2. The van der Waals surface area contributed by atoms with Crippen LogP contribution in [0.3, 0.4) is 0 Å². The second-order valence-corrected chi connectivity index (χ2v) is 6.50. The van der Waals surface area contributed by atoms with E-state index in [1.807, 2.05) is 18.7 Å². The van der Waals surface area contributed by atoms with Crippen molar-refractivity contribution in [3.8, 4) is 0 Å². The molecule has 2 N–H and O–H groups in total. The average Bonchev–Trinajstić information content (AvgIpc) is 2.54. The predicted molar refractivity (Wildman–Crippen MR) is 96.1 cm³/mol. The van der Waals surface area contributed by atoms with E-state index in [0.29, 0.717) is 32.1 Å². The summed E-state index contributed by atoms with van der Waals surface area (Å²) in [5.74, 6) is 0.305. The number of guanidine groups is 1. The Kier molecular flexibility index (Phi) is 8.17. The van der Waals surface area contributed by atoms with Crippen LogP contribution in [0, 0.1) is 0 Å². The highest BCUT2D eigenvalue weighted by Crippen LogP contribution is 2.03. The molecule has 0 atom stereocenters. The van der Waals surface area contributed by atoms with Crippen molar-refractivity contribution >= 4 is 23.7 Å². The summed E-state index contributed by atoms with van der Waals surface area (Å²) in [6.45, 7) is 7.81. The number of likely N-dealkylation sites (N-methyl/N-ethyl adjacent to an activating group) is 1. The van der Waals surface area contributed by atoms with Crippen molar-refractivity contribution < 1.29 is 14.4 Å². The minimum Gasteiger partial charge on any atom is -0.352 e. The van der Waals surface area contributed by atoms with Crippen molar-refractivity contribution in [3.63, 3.8) is 0 Å². The van der Waals surface area contributed by atoms with Crippen molar-refractivity contribution in [2.75, 3.05) is 53.4 Å². The number of aliphatic imine (C=N–C) groups is 1. The fourth-order valence-electron chi connectivity index (χ4n) is 2.33. The van der Waals surface area contributed by atoms with E-state index in [4.69, 9.17) is 0 Å². The second-order valence-electron chi connectivity index (χ2n) is 6.50. The van der Waals surface area contributed by atoms with Crippen molar-refractivity contribution in [1.29, 1.82) is 0 Å². The monoisotopic (exact) mass is 354 g/mol. The number of carbonyl (C=O) groups is 3. The van der Waals surface area contributed by atoms with E-state index < -0.39 is 0 Å². The van der Waals surface area contributed by atoms with Crippen molar-refractivity contribution in [1.82, 2.24) is 25.3 Å². The van der Waals surface area contributed by atoms with Crippen LogP contribution in [0.5, 0.6) is 0 Å². The zero-order valence-corrected chi connectivity index (χ0v) is 15.8. The maximum Gasteiger partial charge on any atom is 0.242 e. The molecular weight excluding hydrogens is 324 g/mol. The number of nitrogens with one attached hydrogen (secondary N) is 2. The van der Waals surface area contributed by atoms with Gasteiger partial charge in [0.05, 0.1) is 6.54 Å². The highest BCUT2D eigenvalue weighted by molar-refractivity contribution is 5.88. The summed E-state index contributed by atoms with van der Waals surface area (Å²) in [4.78, 5) is 44.7. The minimum absolute atomic E-state index is 0.0103. The van der Waals surface area contributed by atoms with E-state index in [1.165, 1.54) is 4.90 Å². The Morgan fingerprint density at radius 1 is 1.08 bits per heavy atom. The Balaban J connectivity index is 2.72. The molecule has 1 saturated heterocycles. The van der Waals surface area contributed by atoms with Crippen LogP contribution in [0.25, 0.3) is 0 Å². The molecule has 1 aliphatic rings. The molecule has 0 radical (unpaired) electrons. The van der Waals surface area contributed by atoms with Crippen LogP contribution in [0.4, 0.5) is 0 Å². The molecule has 1 rings (SSSR count). The third-order valence-electron chi connectivity index (χ3n) is 3.74. The lowest BCUT2D eigenvalue weighted by Crippen LogP contribution is -2.54. The van der Waals surface area contributed by atoms with E-state index in [-0.39, 0.29) is 36.9 Å². The normalized spacial score (nSPS) is 15.2. The third kappa shape index (κ3) is 7.40. The number of nitrogens with zero attached hydrogens (tertiary/aromatic N) is 4. The van der Waals surface area contributed by atoms with E-state index in [2.05, 4.69) is 15.6 Å². The summed E-state index contributed by atoms with van der Waals surface area (Å²) >= 11 is 0. The minimum atomic E-state index is -0.171. The summed E-state index contributed by atoms with van der Waals surface area (Å²) in [7, 11) is 3.37. The van der Waals surface area contributed by atoms with Crippen LogP contribution in [-0.4, -0.2) is 97.8 Å². The molecule has 3 amide bonds. The van der Waals surface area contributed by atoms with E-state index in [9.17, 15) is 14.4 Å². The Labute approximate surface area is 149 Å². The number of hydrogen-bond acceptors (Lipinski definition) is 4. The highest BCUT2D eigenvalue weighted by Gasteiger charge is 2.22. The topological polar surface area (TPSA) is 97.4 Å². The van der Waals surface area contributed by atoms with Crippen LogP contribution in [0.15, 0.2) is 4.99 Å². The largest absolute Gasteiger partial charge is 0.352 e. The standard InChI is InChI=1S/C16H30N6O3/c1-12(2)19-14(24)10-17-16(18-11-15(25)20(4)5)22-8-6-21(7-9-22)13(3)23/h12H,6-11H2,1-5H3,(H,17,18)(H,19,24). The first kappa shape index (κ1) is 20.7. The molecule has 0 aliphatic carbocycles. The van der Waals surface area contributed by atoms with Crippen LogP contribution < -0.4 is 10.6 Å². The van der Waals surface area contributed by atoms with Crippen molar-refractivity contribution in [3.05, 3.63) is 0 Å². The Bertz CT molecular complexity index is 510. The van der Waals surface area contributed by atoms with Crippen molar-refractivity contribution in [2.45, 2.75) is 26.8 Å². The van der Waals surface area contributed by atoms with E-state index in [0.717, 1.165) is 0 Å². The van der Waals surface area contributed by atoms with Gasteiger partial charge in [0.15, 0.2) is 5.96 Å². The van der Waals surface area contributed by atoms with E-state index >= 15 is 0 Å². The lowest BCUT2D eigenvalue weighted by atomic mass is 10.3.